The average molecular weight is 122 g/mol. The zero-order valence-electron chi connectivity index (χ0n) is 2.02. The van der Waals surface area contributed by atoms with Crippen molar-refractivity contribution >= 4 is 16.4 Å². The maximum atomic E-state index is 4.62. The van der Waals surface area contributed by atoms with Crippen LogP contribution in [0.3, 0.4) is 0 Å². The summed E-state index contributed by atoms with van der Waals surface area (Å²) in [5.41, 5.74) is 0. The van der Waals surface area contributed by atoms with Gasteiger partial charge in [0.15, 0.2) is 0 Å². The molecule has 0 saturated carbocycles. The van der Waals surface area contributed by atoms with E-state index in [2.05, 4.69) is 7.45 Å². The van der Waals surface area contributed by atoms with Gasteiger partial charge in [0.1, 0.15) is 0 Å². The summed E-state index contributed by atoms with van der Waals surface area (Å²) in [5.74, 6) is 0. The van der Waals surface area contributed by atoms with E-state index < -0.39 is 0 Å². The summed E-state index contributed by atoms with van der Waals surface area (Å²) in [5, 5.41) is 0. The number of rotatable bonds is 0. The maximum absolute atomic E-state index is 4.62. The molecule has 1 saturated heterocycles. The van der Waals surface area contributed by atoms with Crippen molar-refractivity contribution in [2.45, 2.75) is 0 Å². The molecule has 1 rings (SSSR count). The molecule has 0 aromatic rings. The topological polar surface area (TPSA) is 18.5 Å². The van der Waals surface area contributed by atoms with E-state index in [4.69, 9.17) is 0 Å². The zero-order valence-corrected chi connectivity index (χ0v) is 4.12. The first-order valence-electron chi connectivity index (χ1n) is 0.986. The molecule has 1 heterocycles. The average Bonchev–Trinajstić information content (AvgIpc) is 0.722. The molecule has 0 bridgehead atoms. The third-order valence-corrected chi connectivity index (χ3v) is 1.22. The van der Waals surface area contributed by atoms with Gasteiger partial charge in [-0.2, -0.15) is 0 Å². The van der Waals surface area contributed by atoms with E-state index >= 15 is 0 Å². The van der Waals surface area contributed by atoms with Crippen LogP contribution in [0.1, 0.15) is 0 Å². The van der Waals surface area contributed by atoms with Crippen molar-refractivity contribution < 1.29 is 7.45 Å². The number of hydrogen-bond donors (Lipinski definition) is 0. The van der Waals surface area contributed by atoms with Crippen LogP contribution in [0.5, 0.6) is 0 Å². The van der Waals surface area contributed by atoms with Crippen molar-refractivity contribution in [1.82, 2.24) is 0 Å². The quantitative estimate of drug-likeness (QED) is 0.394. The summed E-state index contributed by atoms with van der Waals surface area (Å²) in [4.78, 5) is 0. The molecular formula is CH3AsO2. The Balaban J connectivity index is 2.00. The second-order valence-electron chi connectivity index (χ2n) is 0.490. The van der Waals surface area contributed by atoms with Crippen LogP contribution >= 0.6 is 0 Å². The van der Waals surface area contributed by atoms with Gasteiger partial charge in [0.05, 0.1) is 0 Å². The standard InChI is InChI=1S/CH3AsO2/c1-3-2-4-1/h2H,1H2. The Bertz CT molecular complexity index is 14.0. The predicted octanol–water partition coefficient (Wildman–Crippen LogP) is -0.743. The van der Waals surface area contributed by atoms with Crippen LogP contribution in [0.15, 0.2) is 0 Å². The summed E-state index contributed by atoms with van der Waals surface area (Å²) in [6.07, 6.45) is 0. The van der Waals surface area contributed by atoms with Crippen molar-refractivity contribution in [3.8, 4) is 0 Å². The fourth-order valence-electron chi connectivity index (χ4n) is 0.0589. The van der Waals surface area contributed by atoms with Crippen molar-refractivity contribution in [1.29, 1.82) is 0 Å². The summed E-state index contributed by atoms with van der Waals surface area (Å²) < 4.78 is 9.25. The molecule has 2 nitrogen and oxygen atoms in total. The van der Waals surface area contributed by atoms with Crippen molar-refractivity contribution in [3.63, 3.8) is 0 Å². The molecule has 0 N–H and O–H groups in total. The molecule has 3 heteroatoms. The summed E-state index contributed by atoms with van der Waals surface area (Å²) in [6, 6.07) is 0. The molecule has 24 valence electrons. The van der Waals surface area contributed by atoms with Gasteiger partial charge in [-0.15, -0.1) is 0 Å². The fraction of sp³-hybridized carbons (Fsp3) is 1.00. The first-order valence-corrected chi connectivity index (χ1v) is 2.70. The SMILES string of the molecule is C1O[AsH]O1. The molecule has 0 amide bonds. The van der Waals surface area contributed by atoms with Gasteiger partial charge in [-0.05, 0) is 0 Å². The Morgan fingerprint density at radius 2 is 1.75 bits per heavy atom. The Morgan fingerprint density at radius 1 is 1.50 bits per heavy atom. The third kappa shape index (κ3) is 0.270. The fourth-order valence-corrected chi connectivity index (χ4v) is 0.306. The van der Waals surface area contributed by atoms with Gasteiger partial charge in [0.25, 0.3) is 0 Å². The van der Waals surface area contributed by atoms with Gasteiger partial charge in [-0.3, -0.25) is 0 Å². The molecule has 0 radical (unpaired) electrons. The van der Waals surface area contributed by atoms with Crippen molar-refractivity contribution in [3.05, 3.63) is 0 Å². The van der Waals surface area contributed by atoms with E-state index in [-0.39, 0.29) is 16.4 Å². The van der Waals surface area contributed by atoms with Crippen LogP contribution in [0.25, 0.3) is 0 Å². The molecule has 0 unspecified atom stereocenters. The van der Waals surface area contributed by atoms with Gasteiger partial charge in [-0.25, -0.2) is 0 Å². The van der Waals surface area contributed by atoms with E-state index in [1.54, 1.807) is 0 Å². The van der Waals surface area contributed by atoms with Gasteiger partial charge in [0, 0.05) is 0 Å². The van der Waals surface area contributed by atoms with Crippen LogP contribution in [-0.4, -0.2) is 23.2 Å². The van der Waals surface area contributed by atoms with Crippen LogP contribution < -0.4 is 0 Å². The first kappa shape index (κ1) is 2.70. The zero-order chi connectivity index (χ0) is 2.83. The minimum absolute atomic E-state index is 0.306. The Kier molecular flexibility index (Phi) is 0.720. The Labute approximate surface area is 31.5 Å². The molecule has 1 aliphatic rings. The van der Waals surface area contributed by atoms with E-state index in [0.717, 1.165) is 0 Å². The molecule has 0 aromatic carbocycles. The number of hydrogen-bond acceptors (Lipinski definition) is 2. The third-order valence-electron chi connectivity index (χ3n) is 0.236. The molecule has 0 spiro atoms. The normalized spacial score (nSPS) is 24.0. The molecule has 0 atom stereocenters. The molecule has 0 aliphatic carbocycles. The van der Waals surface area contributed by atoms with Gasteiger partial charge in [0.2, 0.25) is 0 Å². The van der Waals surface area contributed by atoms with E-state index in [0.29, 0.717) is 6.79 Å². The van der Waals surface area contributed by atoms with Gasteiger partial charge in [-0.1, -0.05) is 0 Å². The molecule has 1 aliphatic heterocycles. The molecule has 4 heavy (non-hydrogen) atoms. The van der Waals surface area contributed by atoms with Crippen molar-refractivity contribution in [2.75, 3.05) is 6.79 Å². The summed E-state index contributed by atoms with van der Waals surface area (Å²) in [6.45, 7) is 0.556. The van der Waals surface area contributed by atoms with Crippen LogP contribution in [0.2, 0.25) is 0 Å². The van der Waals surface area contributed by atoms with E-state index in [9.17, 15) is 0 Å². The van der Waals surface area contributed by atoms with Crippen LogP contribution in [0, 0.1) is 0 Å². The predicted molar refractivity (Wildman–Crippen MR) is 14.2 cm³/mol. The van der Waals surface area contributed by atoms with Crippen LogP contribution in [-0.2, 0) is 7.45 Å². The summed E-state index contributed by atoms with van der Waals surface area (Å²) >= 11 is -0.306. The van der Waals surface area contributed by atoms with E-state index in [1.165, 1.54) is 0 Å². The molecule has 1 fully saturated rings. The second-order valence-corrected chi connectivity index (χ2v) is 2.05. The monoisotopic (exact) mass is 122 g/mol. The van der Waals surface area contributed by atoms with Gasteiger partial charge < -0.3 is 0 Å². The Hall–Kier alpha value is 0.478. The van der Waals surface area contributed by atoms with E-state index in [1.807, 2.05) is 0 Å². The van der Waals surface area contributed by atoms with Crippen molar-refractivity contribution in [2.24, 2.45) is 0 Å². The Morgan fingerprint density at radius 3 is 1.75 bits per heavy atom. The first-order chi connectivity index (χ1) is 2.00. The molecule has 0 aromatic heterocycles. The summed E-state index contributed by atoms with van der Waals surface area (Å²) in [7, 11) is 0. The van der Waals surface area contributed by atoms with Gasteiger partial charge >= 0.3 is 30.7 Å². The van der Waals surface area contributed by atoms with Crippen LogP contribution in [0.4, 0.5) is 0 Å². The second kappa shape index (κ2) is 1.07. The minimum atomic E-state index is -0.306. The molecular weight excluding hydrogens is 119 g/mol.